The van der Waals surface area contributed by atoms with E-state index in [4.69, 9.17) is 0 Å². The Morgan fingerprint density at radius 2 is 1.70 bits per heavy atom. The molecule has 2 N–H and O–H groups in total. The van der Waals surface area contributed by atoms with Gasteiger partial charge in [0, 0.05) is 72.0 Å². The van der Waals surface area contributed by atoms with Crippen LogP contribution < -0.4 is 4.90 Å². The number of nitrogens with zero attached hydrogens (tertiary/aromatic N) is 5. The van der Waals surface area contributed by atoms with Crippen molar-refractivity contribution in [1.82, 2.24) is 30.0 Å². The molecule has 0 unspecified atom stereocenters. The molecule has 1 aromatic carbocycles. The molecular formula is C30H41N7. The molecule has 2 fully saturated rings. The van der Waals surface area contributed by atoms with Crippen molar-refractivity contribution in [2.45, 2.75) is 65.5 Å². The zero-order chi connectivity index (χ0) is 25.7. The highest BCUT2D eigenvalue weighted by atomic mass is 15.3. The lowest BCUT2D eigenvalue weighted by Gasteiger charge is -2.44. The fraction of sp³-hybridized carbons (Fsp3) is 0.533. The van der Waals surface area contributed by atoms with E-state index in [1.165, 1.54) is 59.3 Å². The summed E-state index contributed by atoms with van der Waals surface area (Å²) in [7, 11) is 0. The van der Waals surface area contributed by atoms with Crippen LogP contribution in [0.15, 0.2) is 30.6 Å². The standard InChI is InChI=1S/C30H41N7/c1-19(2)28-24-17-27(37-14-12-36(13-15-37)22-7-10-35(11-8-22)20(3)4)21(5)16-26(24)33-29(28)23-6-9-31-30-25(23)18-32-34-30/h6,9,16-20,22,33H,7-8,10-15H2,1-5H3,(H,31,32,34). The summed E-state index contributed by atoms with van der Waals surface area (Å²) in [5, 5.41) is 9.66. The van der Waals surface area contributed by atoms with Crippen LogP contribution in [0.3, 0.4) is 0 Å². The van der Waals surface area contributed by atoms with E-state index in [0.717, 1.165) is 48.8 Å². The number of hydrogen-bond acceptors (Lipinski definition) is 5. The van der Waals surface area contributed by atoms with Gasteiger partial charge in [-0.05, 0) is 81.9 Å². The lowest BCUT2D eigenvalue weighted by Crippen LogP contribution is -2.54. The largest absolute Gasteiger partial charge is 0.369 e. The molecule has 5 heterocycles. The number of nitrogens with one attached hydrogen (secondary N) is 2. The quantitative estimate of drug-likeness (QED) is 0.378. The number of aromatic amines is 2. The van der Waals surface area contributed by atoms with Gasteiger partial charge in [0.25, 0.3) is 0 Å². The number of benzene rings is 1. The van der Waals surface area contributed by atoms with Crippen LogP contribution >= 0.6 is 0 Å². The summed E-state index contributed by atoms with van der Waals surface area (Å²) in [5.74, 6) is 0.392. The van der Waals surface area contributed by atoms with Gasteiger partial charge in [-0.3, -0.25) is 10.00 Å². The lowest BCUT2D eigenvalue weighted by molar-refractivity contribution is 0.0883. The van der Waals surface area contributed by atoms with Gasteiger partial charge in [-0.15, -0.1) is 0 Å². The SMILES string of the molecule is Cc1cc2[nH]c(-c3ccnc4[nH]ncc34)c(C(C)C)c2cc1N1CCN(C2CCN(C(C)C)CC2)CC1. The monoisotopic (exact) mass is 499 g/mol. The van der Waals surface area contributed by atoms with E-state index in [9.17, 15) is 0 Å². The highest BCUT2D eigenvalue weighted by Crippen LogP contribution is 2.40. The highest BCUT2D eigenvalue weighted by molar-refractivity contribution is 5.99. The number of piperazine rings is 1. The van der Waals surface area contributed by atoms with Gasteiger partial charge in [-0.25, -0.2) is 4.98 Å². The Bertz CT molecular complexity index is 1380. The fourth-order valence-electron chi connectivity index (χ4n) is 6.68. The molecule has 0 amide bonds. The van der Waals surface area contributed by atoms with Crippen LogP contribution in [0.2, 0.25) is 0 Å². The summed E-state index contributed by atoms with van der Waals surface area (Å²) in [6.45, 7) is 18.5. The van der Waals surface area contributed by atoms with E-state index >= 15 is 0 Å². The molecule has 6 rings (SSSR count). The smallest absolute Gasteiger partial charge is 0.155 e. The highest BCUT2D eigenvalue weighted by Gasteiger charge is 2.29. The number of fused-ring (bicyclic) bond motifs is 2. The van der Waals surface area contributed by atoms with Gasteiger partial charge < -0.3 is 14.8 Å². The topological polar surface area (TPSA) is 67.1 Å². The third kappa shape index (κ3) is 4.42. The third-order valence-electron chi connectivity index (χ3n) is 8.76. The molecule has 3 aromatic heterocycles. The van der Waals surface area contributed by atoms with Gasteiger partial charge in [0.15, 0.2) is 5.65 Å². The van der Waals surface area contributed by atoms with Crippen molar-refractivity contribution in [2.75, 3.05) is 44.2 Å². The average Bonchev–Trinajstić information content (AvgIpc) is 3.53. The van der Waals surface area contributed by atoms with Crippen molar-refractivity contribution < 1.29 is 0 Å². The molecule has 0 radical (unpaired) electrons. The van der Waals surface area contributed by atoms with E-state index in [1.54, 1.807) is 0 Å². The summed E-state index contributed by atoms with van der Waals surface area (Å²) in [5.41, 5.74) is 8.50. The van der Waals surface area contributed by atoms with E-state index < -0.39 is 0 Å². The number of anilines is 1. The van der Waals surface area contributed by atoms with Crippen LogP contribution in [-0.4, -0.2) is 81.3 Å². The van der Waals surface area contributed by atoms with Crippen LogP contribution in [0.25, 0.3) is 33.2 Å². The Morgan fingerprint density at radius 3 is 2.41 bits per heavy atom. The normalized spacial score (nSPS) is 18.7. The molecule has 4 aromatic rings. The van der Waals surface area contributed by atoms with Crippen LogP contribution in [-0.2, 0) is 0 Å². The number of likely N-dealkylation sites (tertiary alicyclic amines) is 1. The maximum Gasteiger partial charge on any atom is 0.155 e. The van der Waals surface area contributed by atoms with Crippen molar-refractivity contribution in [3.05, 3.63) is 41.7 Å². The number of aryl methyl sites for hydroxylation is 1. The average molecular weight is 500 g/mol. The second-order valence-corrected chi connectivity index (χ2v) is 11.6. The maximum atomic E-state index is 4.45. The van der Waals surface area contributed by atoms with Crippen molar-refractivity contribution in [3.8, 4) is 11.3 Å². The number of hydrogen-bond donors (Lipinski definition) is 2. The van der Waals surface area contributed by atoms with Gasteiger partial charge >= 0.3 is 0 Å². The van der Waals surface area contributed by atoms with Crippen LogP contribution in [0.5, 0.6) is 0 Å². The molecule has 0 spiro atoms. The summed E-state index contributed by atoms with van der Waals surface area (Å²) in [6.07, 6.45) is 6.38. The van der Waals surface area contributed by atoms with Crippen molar-refractivity contribution in [1.29, 1.82) is 0 Å². The molecule has 7 heteroatoms. The summed E-state index contributed by atoms with van der Waals surface area (Å²) in [4.78, 5) is 16.2. The molecule has 2 saturated heterocycles. The van der Waals surface area contributed by atoms with Gasteiger partial charge in [0.2, 0.25) is 0 Å². The Balaban J connectivity index is 1.27. The summed E-state index contributed by atoms with van der Waals surface area (Å²) >= 11 is 0. The van der Waals surface area contributed by atoms with Crippen LogP contribution in [0.4, 0.5) is 5.69 Å². The van der Waals surface area contributed by atoms with E-state index in [0.29, 0.717) is 12.0 Å². The molecule has 37 heavy (non-hydrogen) atoms. The van der Waals surface area contributed by atoms with Gasteiger partial charge in [-0.1, -0.05) is 13.8 Å². The van der Waals surface area contributed by atoms with Crippen molar-refractivity contribution >= 4 is 27.6 Å². The molecule has 0 atom stereocenters. The van der Waals surface area contributed by atoms with Gasteiger partial charge in [-0.2, -0.15) is 5.10 Å². The minimum atomic E-state index is 0.392. The number of H-pyrrole nitrogens is 2. The lowest BCUT2D eigenvalue weighted by atomic mass is 9.94. The molecule has 0 aliphatic carbocycles. The minimum absolute atomic E-state index is 0.392. The minimum Gasteiger partial charge on any atom is -0.369 e. The van der Waals surface area contributed by atoms with E-state index in [-0.39, 0.29) is 0 Å². The predicted octanol–water partition coefficient (Wildman–Crippen LogP) is 5.53. The Kier molecular flexibility index (Phi) is 6.45. The zero-order valence-corrected chi connectivity index (χ0v) is 23.0. The molecule has 0 bridgehead atoms. The first-order chi connectivity index (χ1) is 17.9. The number of rotatable bonds is 5. The number of aromatic nitrogens is 4. The summed E-state index contributed by atoms with van der Waals surface area (Å²) in [6, 6.07) is 8.32. The molecular weight excluding hydrogens is 458 g/mol. The van der Waals surface area contributed by atoms with Gasteiger partial charge in [0.1, 0.15) is 0 Å². The van der Waals surface area contributed by atoms with Crippen LogP contribution in [0, 0.1) is 6.92 Å². The first-order valence-corrected chi connectivity index (χ1v) is 14.1. The van der Waals surface area contributed by atoms with E-state index in [1.807, 2.05) is 12.4 Å². The Morgan fingerprint density at radius 1 is 0.946 bits per heavy atom. The van der Waals surface area contributed by atoms with Crippen molar-refractivity contribution in [2.24, 2.45) is 0 Å². The van der Waals surface area contributed by atoms with Gasteiger partial charge in [0.05, 0.1) is 11.9 Å². The van der Waals surface area contributed by atoms with E-state index in [2.05, 4.69) is 87.7 Å². The zero-order valence-electron chi connectivity index (χ0n) is 23.0. The first kappa shape index (κ1) is 24.4. The number of piperidine rings is 1. The Labute approximate surface area is 220 Å². The molecule has 7 nitrogen and oxygen atoms in total. The first-order valence-electron chi connectivity index (χ1n) is 14.1. The molecule has 2 aliphatic rings. The summed E-state index contributed by atoms with van der Waals surface area (Å²) < 4.78 is 0. The maximum absolute atomic E-state index is 4.45. The molecule has 0 saturated carbocycles. The second kappa shape index (κ2) is 9.76. The number of pyridine rings is 1. The van der Waals surface area contributed by atoms with Crippen molar-refractivity contribution in [3.63, 3.8) is 0 Å². The molecule has 2 aliphatic heterocycles. The third-order valence-corrected chi connectivity index (χ3v) is 8.76. The molecule has 196 valence electrons. The second-order valence-electron chi connectivity index (χ2n) is 11.6. The Hall–Kier alpha value is -2.90. The predicted molar refractivity (Wildman–Crippen MR) is 154 cm³/mol. The van der Waals surface area contributed by atoms with Crippen LogP contribution in [0.1, 0.15) is 57.6 Å². The fourth-order valence-corrected chi connectivity index (χ4v) is 6.68.